The molecule has 0 N–H and O–H groups in total. The van der Waals surface area contributed by atoms with Gasteiger partial charge in [-0.05, 0) is 64.0 Å². The second-order valence-electron chi connectivity index (χ2n) is 9.76. The Morgan fingerprint density at radius 3 is 2.07 bits per heavy atom. The Kier molecular flexibility index (Phi) is 8.50. The third kappa shape index (κ3) is 6.40. The molecule has 28 heavy (non-hydrogen) atoms. The fourth-order valence-electron chi connectivity index (χ4n) is 5.82. The van der Waals surface area contributed by atoms with E-state index < -0.39 is 0 Å². The standard InChI is InChI=1S/C27H41B/c1-22(2)10-6-11-23(3)12-7-15-24-13-4-5-14-25(24)20-21-28-26-16-8-17-27(28)19-9-18-26/h4-5,10,12-14,26-27H,6-9,11,15-21H2,1-3H3/b23-12+. The second kappa shape index (κ2) is 11.1. The molecular weight excluding hydrogens is 335 g/mol. The van der Waals surface area contributed by atoms with Crippen LogP contribution in [0.4, 0.5) is 0 Å². The Morgan fingerprint density at radius 1 is 0.857 bits per heavy atom. The molecule has 0 aromatic heterocycles. The first-order valence-electron chi connectivity index (χ1n) is 12.0. The van der Waals surface area contributed by atoms with Crippen LogP contribution < -0.4 is 0 Å². The summed E-state index contributed by atoms with van der Waals surface area (Å²) in [6.07, 6.45) is 21.4. The molecule has 2 heterocycles. The molecule has 2 aliphatic heterocycles. The van der Waals surface area contributed by atoms with Gasteiger partial charge in [-0.25, -0.2) is 0 Å². The van der Waals surface area contributed by atoms with Crippen molar-refractivity contribution < 1.29 is 0 Å². The van der Waals surface area contributed by atoms with Crippen LogP contribution in [0.3, 0.4) is 0 Å². The van der Waals surface area contributed by atoms with Gasteiger partial charge in [-0.1, -0.05) is 104 Å². The van der Waals surface area contributed by atoms with Gasteiger partial charge in [-0.3, -0.25) is 0 Å². The molecule has 0 aliphatic carbocycles. The fourth-order valence-corrected chi connectivity index (χ4v) is 5.82. The van der Waals surface area contributed by atoms with Crippen molar-refractivity contribution >= 4 is 6.71 Å². The number of benzene rings is 1. The Labute approximate surface area is 175 Å². The SMILES string of the molecule is CC(C)=CCC/C(C)=C/CCc1ccccc1CCB1C2CCCC1CCC2. The van der Waals surface area contributed by atoms with Crippen LogP contribution in [0.5, 0.6) is 0 Å². The Balaban J connectivity index is 1.51. The molecule has 152 valence electrons. The third-order valence-electron chi connectivity index (χ3n) is 7.37. The van der Waals surface area contributed by atoms with Crippen LogP contribution in [0, 0.1) is 0 Å². The number of aryl methyl sites for hydroxylation is 2. The molecule has 2 bridgehead atoms. The van der Waals surface area contributed by atoms with Crippen LogP contribution in [0.15, 0.2) is 47.6 Å². The first-order chi connectivity index (χ1) is 13.6. The van der Waals surface area contributed by atoms with E-state index in [-0.39, 0.29) is 0 Å². The van der Waals surface area contributed by atoms with Gasteiger partial charge in [0.05, 0.1) is 0 Å². The summed E-state index contributed by atoms with van der Waals surface area (Å²) in [5, 5.41) is 0. The number of hydrogen-bond acceptors (Lipinski definition) is 0. The van der Waals surface area contributed by atoms with E-state index in [0.29, 0.717) is 0 Å². The lowest BCUT2D eigenvalue weighted by Crippen LogP contribution is -2.34. The molecule has 1 aromatic rings. The van der Waals surface area contributed by atoms with Gasteiger partial charge in [0, 0.05) is 0 Å². The number of fused-ring (bicyclic) bond motifs is 2. The van der Waals surface area contributed by atoms with E-state index in [4.69, 9.17) is 0 Å². The summed E-state index contributed by atoms with van der Waals surface area (Å²) >= 11 is 0. The summed E-state index contributed by atoms with van der Waals surface area (Å²) in [6.45, 7) is 7.70. The van der Waals surface area contributed by atoms with Crippen LogP contribution in [0.1, 0.15) is 89.7 Å². The van der Waals surface area contributed by atoms with Crippen LogP contribution >= 0.6 is 0 Å². The molecule has 0 atom stereocenters. The summed E-state index contributed by atoms with van der Waals surface area (Å²) in [7, 11) is 0. The van der Waals surface area contributed by atoms with Crippen LogP contribution in [0.25, 0.3) is 0 Å². The Bertz CT molecular complexity index is 643. The number of hydrogen-bond donors (Lipinski definition) is 0. The smallest absolute Gasteiger partial charge is 0.0856 e. The van der Waals surface area contributed by atoms with Crippen molar-refractivity contribution in [1.82, 2.24) is 0 Å². The van der Waals surface area contributed by atoms with Crippen molar-refractivity contribution in [2.45, 2.75) is 109 Å². The number of allylic oxidation sites excluding steroid dienone is 4. The first-order valence-corrected chi connectivity index (χ1v) is 12.0. The normalized spacial score (nSPS) is 22.2. The average molecular weight is 376 g/mol. The molecule has 0 nitrogen and oxygen atoms in total. The molecule has 2 saturated heterocycles. The molecule has 2 fully saturated rings. The zero-order valence-electron chi connectivity index (χ0n) is 18.7. The third-order valence-corrected chi connectivity index (χ3v) is 7.37. The van der Waals surface area contributed by atoms with E-state index >= 15 is 0 Å². The van der Waals surface area contributed by atoms with Gasteiger partial charge in [0.25, 0.3) is 0 Å². The monoisotopic (exact) mass is 376 g/mol. The molecule has 1 heteroatoms. The first kappa shape index (κ1) is 21.5. The highest BCUT2D eigenvalue weighted by atomic mass is 14.2. The van der Waals surface area contributed by atoms with Crippen molar-refractivity contribution in [3.8, 4) is 0 Å². The quantitative estimate of drug-likeness (QED) is 0.299. The van der Waals surface area contributed by atoms with Crippen molar-refractivity contribution in [2.75, 3.05) is 0 Å². The zero-order chi connectivity index (χ0) is 19.8. The van der Waals surface area contributed by atoms with Gasteiger partial charge in [0.1, 0.15) is 6.71 Å². The zero-order valence-corrected chi connectivity index (χ0v) is 18.7. The van der Waals surface area contributed by atoms with Crippen LogP contribution in [-0.2, 0) is 12.8 Å². The van der Waals surface area contributed by atoms with Crippen molar-refractivity contribution in [2.24, 2.45) is 0 Å². The lowest BCUT2D eigenvalue weighted by atomic mass is 9.25. The molecule has 3 rings (SSSR count). The maximum Gasteiger partial charge on any atom is 0.146 e. The lowest BCUT2D eigenvalue weighted by molar-refractivity contribution is 0.441. The molecule has 0 spiro atoms. The van der Waals surface area contributed by atoms with E-state index in [9.17, 15) is 0 Å². The second-order valence-corrected chi connectivity index (χ2v) is 9.76. The van der Waals surface area contributed by atoms with Crippen molar-refractivity contribution in [1.29, 1.82) is 0 Å². The van der Waals surface area contributed by atoms with Gasteiger partial charge in [-0.2, -0.15) is 0 Å². The number of rotatable bonds is 9. The van der Waals surface area contributed by atoms with Crippen LogP contribution in [-0.4, -0.2) is 6.71 Å². The maximum atomic E-state index is 2.47. The van der Waals surface area contributed by atoms with Gasteiger partial charge in [0.15, 0.2) is 0 Å². The van der Waals surface area contributed by atoms with Crippen molar-refractivity contribution in [3.63, 3.8) is 0 Å². The Hall–Kier alpha value is -1.24. The molecule has 0 radical (unpaired) electrons. The van der Waals surface area contributed by atoms with Gasteiger partial charge in [-0.15, -0.1) is 0 Å². The summed E-state index contributed by atoms with van der Waals surface area (Å²) in [4.78, 5) is 0. The molecule has 1 aromatic carbocycles. The van der Waals surface area contributed by atoms with Crippen LogP contribution in [0.2, 0.25) is 18.0 Å². The van der Waals surface area contributed by atoms with Gasteiger partial charge in [0.2, 0.25) is 0 Å². The fraction of sp³-hybridized carbons (Fsp3) is 0.630. The molecule has 2 aliphatic rings. The van der Waals surface area contributed by atoms with Gasteiger partial charge >= 0.3 is 0 Å². The maximum absolute atomic E-state index is 2.47. The molecule has 0 unspecified atom stereocenters. The molecular formula is C27H41B. The minimum absolute atomic E-state index is 1.02. The van der Waals surface area contributed by atoms with E-state index in [2.05, 4.69) is 57.2 Å². The average Bonchev–Trinajstić information content (AvgIpc) is 2.66. The minimum Gasteiger partial charge on any atom is -0.0856 e. The highest BCUT2D eigenvalue weighted by Gasteiger charge is 2.38. The van der Waals surface area contributed by atoms with E-state index in [0.717, 1.165) is 18.3 Å². The predicted octanol–water partition coefficient (Wildman–Crippen LogP) is 8.46. The Morgan fingerprint density at radius 2 is 1.46 bits per heavy atom. The van der Waals surface area contributed by atoms with Crippen molar-refractivity contribution in [3.05, 3.63) is 58.7 Å². The lowest BCUT2D eigenvalue weighted by Gasteiger charge is -2.40. The van der Waals surface area contributed by atoms with E-state index in [1.165, 1.54) is 82.5 Å². The summed E-state index contributed by atoms with van der Waals surface area (Å²) in [5.74, 6) is 2.09. The largest absolute Gasteiger partial charge is 0.146 e. The van der Waals surface area contributed by atoms with Gasteiger partial charge < -0.3 is 0 Å². The topological polar surface area (TPSA) is 0 Å². The van der Waals surface area contributed by atoms with E-state index in [1.54, 1.807) is 16.7 Å². The molecule has 0 saturated carbocycles. The predicted molar refractivity (Wildman–Crippen MR) is 127 cm³/mol. The highest BCUT2D eigenvalue weighted by Crippen LogP contribution is 2.48. The molecule has 0 amide bonds. The summed E-state index contributed by atoms with van der Waals surface area (Å²) < 4.78 is 0. The minimum atomic E-state index is 1.02. The highest BCUT2D eigenvalue weighted by molar-refractivity contribution is 6.62. The summed E-state index contributed by atoms with van der Waals surface area (Å²) in [6, 6.07) is 9.27. The summed E-state index contributed by atoms with van der Waals surface area (Å²) in [5.41, 5.74) is 6.20. The van der Waals surface area contributed by atoms with E-state index in [1.807, 2.05) is 0 Å².